The van der Waals surface area contributed by atoms with E-state index in [1.807, 2.05) is 43.3 Å². The monoisotopic (exact) mass is 335 g/mol. The van der Waals surface area contributed by atoms with Crippen molar-refractivity contribution in [2.24, 2.45) is 5.41 Å². The largest absolute Gasteiger partial charge is 0.496 e. The Balaban J connectivity index is 2.49. The van der Waals surface area contributed by atoms with Gasteiger partial charge in [-0.05, 0) is 46.0 Å². The van der Waals surface area contributed by atoms with Gasteiger partial charge < -0.3 is 20.3 Å². The molecule has 0 saturated heterocycles. The molecule has 0 saturated carbocycles. The number of hydrogen-bond acceptors (Lipinski definition) is 4. The summed E-state index contributed by atoms with van der Waals surface area (Å²) in [5.74, 6) is 0.256. The number of hydrogen-bond donors (Lipinski definition) is 2. The number of likely N-dealkylation sites (N-methyl/N-ethyl adjacent to an activating group) is 1. The maximum Gasteiger partial charge on any atom is 0.235 e. The predicted molar refractivity (Wildman–Crippen MR) is 95.1 cm³/mol. The van der Waals surface area contributed by atoms with Crippen molar-refractivity contribution in [2.75, 3.05) is 40.8 Å². The zero-order valence-corrected chi connectivity index (χ0v) is 15.3. The second kappa shape index (κ2) is 9.27. The topological polar surface area (TPSA) is 70.7 Å². The van der Waals surface area contributed by atoms with Crippen LogP contribution in [0.3, 0.4) is 0 Å². The molecule has 2 N–H and O–H groups in total. The molecule has 0 unspecified atom stereocenters. The quantitative estimate of drug-likeness (QED) is 0.662. The average molecular weight is 335 g/mol. The minimum Gasteiger partial charge on any atom is -0.496 e. The Bertz CT molecular complexity index is 556. The smallest absolute Gasteiger partial charge is 0.235 e. The fourth-order valence-electron chi connectivity index (χ4n) is 2.16. The number of methoxy groups -OCH3 is 1. The van der Waals surface area contributed by atoms with Crippen molar-refractivity contribution in [3.8, 4) is 5.75 Å². The van der Waals surface area contributed by atoms with Gasteiger partial charge in [0.25, 0.3) is 0 Å². The number of para-hydroxylation sites is 1. The first-order valence-electron chi connectivity index (χ1n) is 8.12. The number of nitrogens with one attached hydrogen (secondary N) is 2. The molecular formula is C18H29N3O3. The molecule has 0 atom stereocenters. The van der Waals surface area contributed by atoms with E-state index in [1.54, 1.807) is 21.0 Å². The Morgan fingerprint density at radius 3 is 2.25 bits per heavy atom. The van der Waals surface area contributed by atoms with E-state index in [1.165, 1.54) is 0 Å². The summed E-state index contributed by atoms with van der Waals surface area (Å²) in [4.78, 5) is 26.5. The van der Waals surface area contributed by atoms with Gasteiger partial charge in [-0.25, -0.2) is 0 Å². The minimum atomic E-state index is -1.10. The minimum absolute atomic E-state index is 0.265. The Labute approximate surface area is 144 Å². The van der Waals surface area contributed by atoms with E-state index in [2.05, 4.69) is 10.6 Å². The van der Waals surface area contributed by atoms with Gasteiger partial charge in [0.05, 0.1) is 7.11 Å². The van der Waals surface area contributed by atoms with Crippen LogP contribution < -0.4 is 15.4 Å². The molecule has 134 valence electrons. The van der Waals surface area contributed by atoms with Crippen LogP contribution in [0.25, 0.3) is 0 Å². The SMILES string of the molecule is COc1ccccc1CCNC(=O)C(C)(C)C(=O)NCCN(C)C. The van der Waals surface area contributed by atoms with Gasteiger partial charge in [-0.1, -0.05) is 18.2 Å². The summed E-state index contributed by atoms with van der Waals surface area (Å²) in [6, 6.07) is 7.69. The maximum absolute atomic E-state index is 12.3. The van der Waals surface area contributed by atoms with Gasteiger partial charge in [0.2, 0.25) is 11.8 Å². The number of ether oxygens (including phenoxy) is 1. The third-order valence-electron chi connectivity index (χ3n) is 3.85. The summed E-state index contributed by atoms with van der Waals surface area (Å²) >= 11 is 0. The van der Waals surface area contributed by atoms with Crippen LogP contribution in [0.15, 0.2) is 24.3 Å². The highest BCUT2D eigenvalue weighted by Gasteiger charge is 2.35. The van der Waals surface area contributed by atoms with E-state index in [0.29, 0.717) is 19.5 Å². The van der Waals surface area contributed by atoms with Gasteiger partial charge in [-0.2, -0.15) is 0 Å². The second-order valence-electron chi connectivity index (χ2n) is 6.50. The van der Waals surface area contributed by atoms with E-state index in [4.69, 9.17) is 4.74 Å². The van der Waals surface area contributed by atoms with Gasteiger partial charge in [0, 0.05) is 19.6 Å². The lowest BCUT2D eigenvalue weighted by atomic mass is 9.91. The van der Waals surface area contributed by atoms with Crippen LogP contribution in [-0.4, -0.2) is 57.6 Å². The molecule has 0 aliphatic heterocycles. The van der Waals surface area contributed by atoms with Gasteiger partial charge in [0.1, 0.15) is 11.2 Å². The Hall–Kier alpha value is -2.08. The molecule has 1 rings (SSSR count). The lowest BCUT2D eigenvalue weighted by Crippen LogP contribution is -2.49. The van der Waals surface area contributed by atoms with Crippen LogP contribution in [0.5, 0.6) is 5.75 Å². The molecule has 0 aromatic heterocycles. The summed E-state index contributed by atoms with van der Waals surface area (Å²) < 4.78 is 5.29. The van der Waals surface area contributed by atoms with Crippen LogP contribution in [0.1, 0.15) is 19.4 Å². The Morgan fingerprint density at radius 1 is 1.08 bits per heavy atom. The summed E-state index contributed by atoms with van der Waals surface area (Å²) in [6.07, 6.45) is 0.647. The number of nitrogens with zero attached hydrogens (tertiary/aromatic N) is 1. The van der Waals surface area contributed by atoms with Crippen molar-refractivity contribution < 1.29 is 14.3 Å². The first-order valence-corrected chi connectivity index (χ1v) is 8.12. The van der Waals surface area contributed by atoms with Crippen LogP contribution in [-0.2, 0) is 16.0 Å². The van der Waals surface area contributed by atoms with Crippen molar-refractivity contribution >= 4 is 11.8 Å². The van der Waals surface area contributed by atoms with E-state index in [-0.39, 0.29) is 11.8 Å². The van der Waals surface area contributed by atoms with Gasteiger partial charge in [-0.3, -0.25) is 9.59 Å². The van der Waals surface area contributed by atoms with Crippen LogP contribution in [0, 0.1) is 5.41 Å². The fraction of sp³-hybridized carbons (Fsp3) is 0.556. The summed E-state index contributed by atoms with van der Waals surface area (Å²) in [6.45, 7) is 4.97. The van der Waals surface area contributed by atoms with E-state index in [0.717, 1.165) is 17.9 Å². The normalized spacial score (nSPS) is 11.2. The molecule has 0 bridgehead atoms. The Morgan fingerprint density at radius 2 is 1.67 bits per heavy atom. The zero-order valence-electron chi connectivity index (χ0n) is 15.3. The number of carbonyl (C=O) groups is 2. The third-order valence-corrected chi connectivity index (χ3v) is 3.85. The molecule has 6 nitrogen and oxygen atoms in total. The van der Waals surface area contributed by atoms with Crippen LogP contribution in [0.4, 0.5) is 0 Å². The molecule has 1 aromatic carbocycles. The van der Waals surface area contributed by atoms with Crippen LogP contribution >= 0.6 is 0 Å². The van der Waals surface area contributed by atoms with Crippen molar-refractivity contribution in [1.29, 1.82) is 0 Å². The first-order chi connectivity index (χ1) is 11.3. The maximum atomic E-state index is 12.3. The zero-order chi connectivity index (χ0) is 18.2. The highest BCUT2D eigenvalue weighted by molar-refractivity contribution is 6.04. The Kier molecular flexibility index (Phi) is 7.71. The number of benzene rings is 1. The highest BCUT2D eigenvalue weighted by Crippen LogP contribution is 2.18. The lowest BCUT2D eigenvalue weighted by molar-refractivity contribution is -0.141. The van der Waals surface area contributed by atoms with E-state index >= 15 is 0 Å². The van der Waals surface area contributed by atoms with Crippen molar-refractivity contribution in [1.82, 2.24) is 15.5 Å². The summed E-state index contributed by atoms with van der Waals surface area (Å²) in [5.41, 5.74) is -0.0823. The molecule has 0 aliphatic rings. The molecule has 24 heavy (non-hydrogen) atoms. The van der Waals surface area contributed by atoms with Gasteiger partial charge in [0.15, 0.2) is 0 Å². The molecular weight excluding hydrogens is 306 g/mol. The molecule has 6 heteroatoms. The van der Waals surface area contributed by atoms with Crippen LogP contribution in [0.2, 0.25) is 0 Å². The number of carbonyl (C=O) groups excluding carboxylic acids is 2. The summed E-state index contributed by atoms with van der Waals surface area (Å²) in [5, 5.41) is 5.64. The summed E-state index contributed by atoms with van der Waals surface area (Å²) in [7, 11) is 5.49. The fourth-order valence-corrected chi connectivity index (χ4v) is 2.16. The molecule has 0 radical (unpaired) electrons. The van der Waals surface area contributed by atoms with E-state index < -0.39 is 5.41 Å². The standard InChI is InChI=1S/C18H29N3O3/c1-18(2,17(23)20-12-13-21(3)4)16(22)19-11-10-14-8-6-7-9-15(14)24-5/h6-9H,10-13H2,1-5H3,(H,19,22)(H,20,23). The predicted octanol–water partition coefficient (Wildman–Crippen LogP) is 1.06. The first kappa shape index (κ1) is 20.0. The third kappa shape index (κ3) is 5.85. The molecule has 0 spiro atoms. The molecule has 0 fully saturated rings. The van der Waals surface area contributed by atoms with Crippen molar-refractivity contribution in [3.63, 3.8) is 0 Å². The molecule has 0 aliphatic carbocycles. The number of amides is 2. The molecule has 2 amide bonds. The van der Waals surface area contributed by atoms with Crippen molar-refractivity contribution in [3.05, 3.63) is 29.8 Å². The number of rotatable bonds is 9. The highest BCUT2D eigenvalue weighted by atomic mass is 16.5. The van der Waals surface area contributed by atoms with Gasteiger partial charge in [-0.15, -0.1) is 0 Å². The van der Waals surface area contributed by atoms with Crippen molar-refractivity contribution in [2.45, 2.75) is 20.3 Å². The molecule has 1 aromatic rings. The molecule has 0 heterocycles. The van der Waals surface area contributed by atoms with E-state index in [9.17, 15) is 9.59 Å². The van der Waals surface area contributed by atoms with Gasteiger partial charge >= 0.3 is 0 Å². The average Bonchev–Trinajstić information content (AvgIpc) is 2.54. The lowest BCUT2D eigenvalue weighted by Gasteiger charge is -2.23. The second-order valence-corrected chi connectivity index (χ2v) is 6.50.